The second-order valence-corrected chi connectivity index (χ2v) is 1.64. The van der Waals surface area contributed by atoms with Crippen molar-refractivity contribution in [3.63, 3.8) is 0 Å². The average molecular weight is 623 g/mol. The van der Waals surface area contributed by atoms with E-state index in [0.717, 1.165) is 0 Å². The average Bonchev–Trinajstić information content (AvgIpc) is 2.25. The van der Waals surface area contributed by atoms with Crippen molar-refractivity contribution in [1.29, 1.82) is 0 Å². The first-order chi connectivity index (χ1) is 7.13. The predicted molar refractivity (Wildman–Crippen MR) is 78.7 cm³/mol. The van der Waals surface area contributed by atoms with E-state index in [2.05, 4.69) is 24.5 Å². The quantitative estimate of drug-likeness (QED) is 0.368. The number of hydrogen-bond acceptors (Lipinski definition) is 2. The van der Waals surface area contributed by atoms with Gasteiger partial charge < -0.3 is 39.3 Å². The van der Waals surface area contributed by atoms with Crippen LogP contribution in [0.15, 0.2) is 0 Å². The van der Waals surface area contributed by atoms with Crippen molar-refractivity contribution >= 4 is 11.8 Å². The normalized spacial score (nSPS) is 4.38. The molecule has 0 spiro atoms. The maximum Gasteiger partial charge on any atom is 0.218 e. The van der Waals surface area contributed by atoms with Crippen molar-refractivity contribution in [2.24, 2.45) is 0 Å². The molecule has 0 saturated heterocycles. The van der Waals surface area contributed by atoms with Crippen molar-refractivity contribution in [1.82, 2.24) is 10.6 Å². The van der Waals surface area contributed by atoms with Gasteiger partial charge in [-0.3, -0.25) is 9.59 Å². The van der Waals surface area contributed by atoms with Crippen molar-refractivity contribution in [3.8, 4) is 0 Å². The van der Waals surface area contributed by atoms with Crippen LogP contribution in [0.2, 0.25) is 0 Å². The van der Waals surface area contributed by atoms with Crippen LogP contribution in [0.25, 0.3) is 0 Å². The summed E-state index contributed by atoms with van der Waals surface area (Å²) in [7, 11) is 0. The van der Waals surface area contributed by atoms with E-state index in [1.165, 1.54) is 13.8 Å². The van der Waals surface area contributed by atoms with Gasteiger partial charge in [-0.1, -0.05) is 13.8 Å². The largest absolute Gasteiger partial charge is 0.358 e. The van der Waals surface area contributed by atoms with Crippen LogP contribution in [-0.4, -0.2) is 18.5 Å². The summed E-state index contributed by atoms with van der Waals surface area (Å²) < 4.78 is 0. The van der Waals surface area contributed by atoms with Gasteiger partial charge in [0, 0.05) is 105 Å². The number of nitrogens with one attached hydrogen (secondary N) is 2. The molecule has 0 aliphatic rings. The monoisotopic (exact) mass is 623 g/mol. The number of rotatable bonds is 2. The standard InChI is InChI=1S/C5H10N2O2.C2H6.2C2H5.2CH3.2V.W.Y/c1-4(8)6-3-7-5(2)9;3*1-2;;;;;;/h3H2,1-2H3,(H,6,8)(H,7,9);1-2H3;2*1H2,2H3;2*1H3;;;;/q;;4*-1;;;;. The maximum atomic E-state index is 10.2. The van der Waals surface area contributed by atoms with Crippen LogP contribution < -0.4 is 10.6 Å². The smallest absolute Gasteiger partial charge is 0.218 e. The molecule has 0 aliphatic carbocycles. The van der Waals surface area contributed by atoms with Crippen LogP contribution in [-0.2, 0) is 100 Å². The third kappa shape index (κ3) is 139. The summed E-state index contributed by atoms with van der Waals surface area (Å²) in [5.41, 5.74) is 0. The van der Waals surface area contributed by atoms with Gasteiger partial charge in [-0.2, -0.15) is 13.8 Å². The third-order valence-corrected chi connectivity index (χ3v) is 0.675. The Hall–Kier alpha value is 1.90. The summed E-state index contributed by atoms with van der Waals surface area (Å²) in [6.07, 6.45) is 0. The molecule has 2 amide bonds. The first kappa shape index (κ1) is 66.0. The fourth-order valence-electron chi connectivity index (χ4n) is 0.293. The molecule has 0 atom stereocenters. The molecule has 0 bridgehead atoms. The van der Waals surface area contributed by atoms with Crippen LogP contribution in [0.4, 0.5) is 0 Å². The zero-order valence-electron chi connectivity index (χ0n) is 14.8. The second kappa shape index (κ2) is 80.5. The van der Waals surface area contributed by atoms with Crippen molar-refractivity contribution in [3.05, 3.63) is 28.7 Å². The van der Waals surface area contributed by atoms with Gasteiger partial charge in [-0.25, -0.2) is 0 Å². The Kier molecular flexibility index (Phi) is 253. The number of amides is 2. The zero-order valence-corrected chi connectivity index (χ0v) is 23.4. The van der Waals surface area contributed by atoms with E-state index in [-0.39, 0.29) is 124 Å². The summed E-state index contributed by atoms with van der Waals surface area (Å²) >= 11 is 0. The summed E-state index contributed by atoms with van der Waals surface area (Å²) in [5, 5.41) is 4.81. The molecule has 0 heterocycles. The van der Waals surface area contributed by atoms with Gasteiger partial charge in [-0.05, 0) is 0 Å². The van der Waals surface area contributed by atoms with Crippen LogP contribution in [0, 0.1) is 28.7 Å². The van der Waals surface area contributed by atoms with Gasteiger partial charge >= 0.3 is 0 Å². The Morgan fingerprint density at radius 1 is 0.810 bits per heavy atom. The van der Waals surface area contributed by atoms with Crippen molar-refractivity contribution in [2.45, 2.75) is 41.5 Å². The van der Waals surface area contributed by atoms with E-state index in [1.54, 1.807) is 13.8 Å². The van der Waals surface area contributed by atoms with E-state index in [4.69, 9.17) is 0 Å². The Morgan fingerprint density at radius 3 is 1.05 bits per heavy atom. The van der Waals surface area contributed by atoms with Crippen molar-refractivity contribution < 1.29 is 100 Å². The summed E-state index contributed by atoms with van der Waals surface area (Å²) in [5.74, 6) is -0.299. The molecule has 0 aliphatic heterocycles. The van der Waals surface area contributed by atoms with Gasteiger partial charge in [0.25, 0.3) is 0 Å². The molecule has 0 rings (SSSR count). The number of carbonyl (C=O) groups excluding carboxylic acids is 2. The molecular formula is C13H32N2O2V2WY-4. The van der Waals surface area contributed by atoms with Crippen molar-refractivity contribution in [2.75, 3.05) is 6.67 Å². The third-order valence-electron chi connectivity index (χ3n) is 0.675. The molecular weight excluding hydrogens is 591 g/mol. The molecule has 8 heteroatoms. The van der Waals surface area contributed by atoms with Crippen LogP contribution in [0.5, 0.6) is 0 Å². The molecule has 0 aromatic heterocycles. The molecule has 21 heavy (non-hydrogen) atoms. The summed E-state index contributed by atoms with van der Waals surface area (Å²) in [4.78, 5) is 20.3. The van der Waals surface area contributed by atoms with Gasteiger partial charge in [0.2, 0.25) is 11.8 Å². The summed E-state index contributed by atoms with van der Waals surface area (Å²) in [6.45, 7) is 17.0. The Labute approximate surface area is 197 Å². The molecule has 0 saturated carbocycles. The maximum absolute atomic E-state index is 10.2. The Balaban J connectivity index is -0.0000000113. The van der Waals surface area contributed by atoms with E-state index in [1.807, 2.05) is 13.8 Å². The van der Waals surface area contributed by atoms with Gasteiger partial charge in [0.1, 0.15) is 0 Å². The first-order valence-electron chi connectivity index (χ1n) is 5.03. The minimum absolute atomic E-state index is 0. The van der Waals surface area contributed by atoms with Gasteiger partial charge in [0.15, 0.2) is 0 Å². The molecule has 129 valence electrons. The van der Waals surface area contributed by atoms with Crippen LogP contribution in [0.1, 0.15) is 41.5 Å². The molecule has 0 unspecified atom stereocenters. The van der Waals surface area contributed by atoms with Crippen LogP contribution >= 0.6 is 0 Å². The molecule has 4 nitrogen and oxygen atoms in total. The first-order valence-corrected chi connectivity index (χ1v) is 5.03. The SMILES string of the molecule is CC.CC(=O)NCNC(C)=O.[CH2-]C.[CH2-]C.[CH3-].[CH3-].[V].[V].[W].[Y]. The van der Waals surface area contributed by atoms with Gasteiger partial charge in [0.05, 0.1) is 6.67 Å². The molecule has 3 radical (unpaired) electrons. The molecule has 2 N–H and O–H groups in total. The Morgan fingerprint density at radius 2 is 0.952 bits per heavy atom. The minimum Gasteiger partial charge on any atom is -0.358 e. The van der Waals surface area contributed by atoms with Crippen LogP contribution in [0.3, 0.4) is 0 Å². The van der Waals surface area contributed by atoms with E-state index < -0.39 is 0 Å². The topological polar surface area (TPSA) is 58.2 Å². The fourth-order valence-corrected chi connectivity index (χ4v) is 0.293. The zero-order chi connectivity index (χ0) is 13.3. The van der Waals surface area contributed by atoms with E-state index in [0.29, 0.717) is 0 Å². The minimum atomic E-state index is -0.149. The molecule has 0 aromatic carbocycles. The van der Waals surface area contributed by atoms with E-state index >= 15 is 0 Å². The molecule has 0 fully saturated rings. The predicted octanol–water partition coefficient (Wildman–Crippen LogP) is 2.81. The molecule has 0 aromatic rings. The Bertz CT molecular complexity index is 133. The summed E-state index contributed by atoms with van der Waals surface area (Å²) in [6, 6.07) is 0. The second-order valence-electron chi connectivity index (χ2n) is 1.64. The fraction of sp³-hybridized carbons (Fsp3) is 0.538. The van der Waals surface area contributed by atoms with E-state index in [9.17, 15) is 9.59 Å². The van der Waals surface area contributed by atoms with Gasteiger partial charge in [-0.15, -0.1) is 0 Å². The number of carbonyl (C=O) groups is 2. The number of hydrogen-bond donors (Lipinski definition) is 2.